The Morgan fingerprint density at radius 3 is 1.04 bits per heavy atom. The van der Waals surface area contributed by atoms with E-state index < -0.39 is 17.9 Å². The number of Topliss-reactive ketones (excluding diaryl/α,β-unsaturated/α-hetero) is 3. The second-order valence-electron chi connectivity index (χ2n) is 15.8. The third-order valence-corrected chi connectivity index (χ3v) is 10.8. The zero-order valence-corrected chi connectivity index (χ0v) is 43.9. The molecule has 19 heteroatoms. The van der Waals surface area contributed by atoms with Gasteiger partial charge in [0.05, 0.1) is 17.1 Å². The number of rotatable bonds is 24. The second kappa shape index (κ2) is 37.8. The standard InChI is InChI=1S/C20H23BrN2O2.C13H16BrNO3.C7H12O4.C6H8N2.C5H5BrN2/c21-17-10-15(13-23-14-17)11-18(24)7-2-1-3-8-19(25)12-16-6-4-5-9-20(16)22;14-11-6-10(8-15-9-11)7-12(16)4-2-1-3-5-13(17)18;8-6(9)4-2-1-3-5-7(10)11;7-5-3-1-2-4-6(5)8;6-4-1-5(7)3-8-2-4/h4-6,9-10,13-14H,1-3,7-8,11-12,22H2;6,8-9H,1-5,7H2,(H,17,18);1-5H2,(H,8,9)(H,10,11);1-4H,7-8H2;1-3H,7H2. The Labute approximate surface area is 434 Å². The summed E-state index contributed by atoms with van der Waals surface area (Å²) in [7, 11) is 0. The number of halogens is 3. The number of aliphatic carboxylic acids is 3. The van der Waals surface area contributed by atoms with Gasteiger partial charge in [0, 0.05) is 114 Å². The summed E-state index contributed by atoms with van der Waals surface area (Å²) in [5, 5.41) is 24.9. The fourth-order valence-electron chi connectivity index (χ4n) is 6.00. The van der Waals surface area contributed by atoms with E-state index in [9.17, 15) is 28.8 Å². The molecule has 11 N–H and O–H groups in total. The molecular formula is C51H64Br3N7O9. The van der Waals surface area contributed by atoms with Crippen LogP contribution < -0.4 is 22.9 Å². The maximum Gasteiger partial charge on any atom is 0.303 e. The first-order valence-corrected chi connectivity index (χ1v) is 24.9. The predicted molar refractivity (Wildman–Crippen MR) is 285 cm³/mol. The molecule has 5 aromatic rings. The third kappa shape index (κ3) is 34.3. The molecule has 0 bridgehead atoms. The number of carbonyl (C=O) groups is 6. The summed E-state index contributed by atoms with van der Waals surface area (Å²) in [4.78, 5) is 77.8. The molecule has 0 atom stereocenters. The Morgan fingerprint density at radius 1 is 0.400 bits per heavy atom. The Bertz CT molecular complexity index is 2320. The van der Waals surface area contributed by atoms with Crippen molar-refractivity contribution in [3.8, 4) is 0 Å². The van der Waals surface area contributed by atoms with Gasteiger partial charge in [0.15, 0.2) is 0 Å². The van der Waals surface area contributed by atoms with Crippen molar-refractivity contribution in [2.75, 3.05) is 22.9 Å². The summed E-state index contributed by atoms with van der Waals surface area (Å²) in [5.74, 6) is -1.83. The first-order valence-electron chi connectivity index (χ1n) is 22.5. The topological polar surface area (TPSA) is 306 Å². The molecule has 0 unspecified atom stereocenters. The lowest BCUT2D eigenvalue weighted by molar-refractivity contribution is -0.138. The van der Waals surface area contributed by atoms with Crippen molar-refractivity contribution in [3.05, 3.63) is 134 Å². The second-order valence-corrected chi connectivity index (χ2v) is 18.5. The molecule has 0 saturated heterocycles. The van der Waals surface area contributed by atoms with Crippen LogP contribution in [0.2, 0.25) is 0 Å². The molecule has 0 amide bonds. The summed E-state index contributed by atoms with van der Waals surface area (Å²) >= 11 is 9.88. The van der Waals surface area contributed by atoms with E-state index in [1.807, 2.05) is 48.5 Å². The van der Waals surface area contributed by atoms with Gasteiger partial charge in [-0.15, -0.1) is 0 Å². The fraction of sp³-hybridized carbons (Fsp3) is 0.353. The minimum atomic E-state index is -0.819. The first-order chi connectivity index (χ1) is 33.3. The number of aromatic nitrogens is 3. The minimum absolute atomic E-state index is 0.139. The van der Waals surface area contributed by atoms with Crippen molar-refractivity contribution in [2.24, 2.45) is 0 Å². The number of benzene rings is 2. The maximum absolute atomic E-state index is 12.0. The zero-order chi connectivity index (χ0) is 52.1. The molecule has 70 heavy (non-hydrogen) atoms. The lowest BCUT2D eigenvalue weighted by atomic mass is 10.0. The molecule has 3 heterocycles. The van der Waals surface area contributed by atoms with E-state index in [1.54, 1.807) is 55.4 Å². The van der Waals surface area contributed by atoms with Gasteiger partial charge >= 0.3 is 17.9 Å². The molecule has 0 aliphatic rings. The van der Waals surface area contributed by atoms with Crippen LogP contribution in [0.5, 0.6) is 0 Å². The van der Waals surface area contributed by atoms with Crippen LogP contribution in [0.25, 0.3) is 0 Å². The largest absolute Gasteiger partial charge is 0.481 e. The Balaban J connectivity index is 0.000000473. The Hall–Kier alpha value is -6.05. The van der Waals surface area contributed by atoms with Crippen molar-refractivity contribution >= 4 is 106 Å². The highest BCUT2D eigenvalue weighted by atomic mass is 79.9. The van der Waals surface area contributed by atoms with E-state index in [2.05, 4.69) is 62.7 Å². The Kier molecular flexibility index (Phi) is 33.5. The number of nitrogen functional groups attached to an aromatic ring is 4. The number of pyridine rings is 3. The van der Waals surface area contributed by atoms with E-state index in [0.29, 0.717) is 87.0 Å². The summed E-state index contributed by atoms with van der Waals surface area (Å²) in [5.41, 5.74) is 27.4. The third-order valence-electron chi connectivity index (χ3n) is 9.53. The number of anilines is 4. The van der Waals surface area contributed by atoms with Gasteiger partial charge in [-0.1, -0.05) is 49.6 Å². The zero-order valence-electron chi connectivity index (χ0n) is 39.1. The van der Waals surface area contributed by atoms with Crippen molar-refractivity contribution < 1.29 is 44.1 Å². The minimum Gasteiger partial charge on any atom is -0.481 e. The number of nitrogens with two attached hydrogens (primary N) is 4. The van der Waals surface area contributed by atoms with Crippen molar-refractivity contribution in [1.82, 2.24) is 15.0 Å². The van der Waals surface area contributed by atoms with Crippen LogP contribution in [0.3, 0.4) is 0 Å². The molecule has 0 aliphatic carbocycles. The average Bonchev–Trinajstić information content (AvgIpc) is 3.28. The molecule has 0 spiro atoms. The van der Waals surface area contributed by atoms with Gasteiger partial charge in [0.1, 0.15) is 17.3 Å². The first kappa shape index (κ1) is 62.0. The van der Waals surface area contributed by atoms with Crippen LogP contribution in [0, 0.1) is 0 Å². The molecule has 3 aromatic heterocycles. The molecular weight excluding hydrogens is 1090 g/mol. The van der Waals surface area contributed by atoms with Crippen LogP contribution >= 0.6 is 47.8 Å². The van der Waals surface area contributed by atoms with Gasteiger partial charge in [-0.3, -0.25) is 43.7 Å². The molecule has 0 radical (unpaired) electrons. The van der Waals surface area contributed by atoms with Crippen LogP contribution in [0.15, 0.2) is 117 Å². The summed E-state index contributed by atoms with van der Waals surface area (Å²) in [6.07, 6.45) is 19.9. The number of nitrogens with zero attached hydrogens (tertiary/aromatic N) is 3. The molecule has 0 aliphatic heterocycles. The van der Waals surface area contributed by atoms with Crippen LogP contribution in [0.4, 0.5) is 22.7 Å². The number of para-hydroxylation sites is 3. The number of unbranched alkanes of at least 4 members (excludes halogenated alkanes) is 6. The predicted octanol–water partition coefficient (Wildman–Crippen LogP) is 10.7. The number of hydrogen-bond donors (Lipinski definition) is 7. The molecule has 5 rings (SSSR count). The van der Waals surface area contributed by atoms with Gasteiger partial charge in [0.2, 0.25) is 0 Å². The van der Waals surface area contributed by atoms with Gasteiger partial charge in [-0.25, -0.2) is 0 Å². The van der Waals surface area contributed by atoms with Crippen molar-refractivity contribution in [3.63, 3.8) is 0 Å². The maximum atomic E-state index is 12.0. The molecule has 2 aromatic carbocycles. The normalized spacial score (nSPS) is 9.99. The SMILES string of the molecule is Nc1ccccc1CC(=O)CCCCCC(=O)Cc1cncc(Br)c1.Nc1ccccc1N.Nc1cncc(Br)c1.O=C(O)CCCCCC(=O)Cc1cncc(Br)c1.O=C(O)CCCCCC(=O)O. The summed E-state index contributed by atoms with van der Waals surface area (Å²) < 4.78 is 2.67. The highest BCUT2D eigenvalue weighted by Gasteiger charge is 2.09. The highest BCUT2D eigenvalue weighted by Crippen LogP contribution is 2.16. The summed E-state index contributed by atoms with van der Waals surface area (Å²) in [6, 6.07) is 20.3. The lowest BCUT2D eigenvalue weighted by Crippen LogP contribution is -2.05. The van der Waals surface area contributed by atoms with E-state index in [1.165, 1.54) is 0 Å². The number of carbonyl (C=O) groups excluding carboxylic acids is 3. The monoisotopic (exact) mass is 1160 g/mol. The van der Waals surface area contributed by atoms with Gasteiger partial charge < -0.3 is 38.3 Å². The molecule has 378 valence electrons. The fourth-order valence-corrected chi connectivity index (χ4v) is 7.20. The average molecular weight is 1160 g/mol. The number of carboxylic acids is 3. The highest BCUT2D eigenvalue weighted by molar-refractivity contribution is 9.11. The lowest BCUT2D eigenvalue weighted by Gasteiger charge is -2.05. The molecule has 0 fully saturated rings. The van der Waals surface area contributed by atoms with E-state index >= 15 is 0 Å². The smallest absolute Gasteiger partial charge is 0.303 e. The van der Waals surface area contributed by atoms with Gasteiger partial charge in [-0.2, -0.15) is 0 Å². The van der Waals surface area contributed by atoms with Crippen LogP contribution in [0.1, 0.15) is 113 Å². The van der Waals surface area contributed by atoms with Crippen molar-refractivity contribution in [2.45, 2.75) is 116 Å². The quantitative estimate of drug-likeness (QED) is 0.0223. The van der Waals surface area contributed by atoms with Gasteiger partial charge in [-0.05, 0) is 139 Å². The van der Waals surface area contributed by atoms with E-state index in [-0.39, 0.29) is 36.6 Å². The molecule has 0 saturated carbocycles. The van der Waals surface area contributed by atoms with Crippen LogP contribution in [-0.4, -0.2) is 65.5 Å². The number of carboxylic acid groups (broad SMARTS) is 3. The van der Waals surface area contributed by atoms with E-state index in [4.69, 9.17) is 38.3 Å². The Morgan fingerprint density at radius 2 is 0.729 bits per heavy atom. The number of hydrogen-bond acceptors (Lipinski definition) is 13. The summed E-state index contributed by atoms with van der Waals surface area (Å²) in [6.45, 7) is 0. The van der Waals surface area contributed by atoms with Gasteiger partial charge in [0.25, 0.3) is 0 Å². The van der Waals surface area contributed by atoms with E-state index in [0.717, 1.165) is 62.2 Å². The van der Waals surface area contributed by atoms with Crippen LogP contribution in [-0.2, 0) is 48.0 Å². The number of ketones is 3. The molecule has 16 nitrogen and oxygen atoms in total. The van der Waals surface area contributed by atoms with Crippen molar-refractivity contribution in [1.29, 1.82) is 0 Å².